The summed E-state index contributed by atoms with van der Waals surface area (Å²) in [4.78, 5) is 2.68. The summed E-state index contributed by atoms with van der Waals surface area (Å²) in [5.74, 6) is 0. The van der Waals surface area contributed by atoms with E-state index in [4.69, 9.17) is 0 Å². The molecular weight excluding hydrogens is 244 g/mol. The van der Waals surface area contributed by atoms with Crippen molar-refractivity contribution in [2.24, 2.45) is 0 Å². The van der Waals surface area contributed by atoms with Crippen LogP contribution in [0.3, 0.4) is 0 Å². The highest BCUT2D eigenvalue weighted by Crippen LogP contribution is 2.31. The van der Waals surface area contributed by atoms with Gasteiger partial charge in [-0.25, -0.2) is 0 Å². The molecule has 1 aliphatic heterocycles. The summed E-state index contributed by atoms with van der Waals surface area (Å²) < 4.78 is 0. The van der Waals surface area contributed by atoms with Crippen molar-refractivity contribution < 1.29 is 0 Å². The Hall–Kier alpha value is -1.02. The third kappa shape index (κ3) is 3.54. The maximum absolute atomic E-state index is 3.56. The second-order valence-corrected chi connectivity index (χ2v) is 5.94. The summed E-state index contributed by atoms with van der Waals surface area (Å²) in [6.45, 7) is 9.03. The Kier molecular flexibility index (Phi) is 5.90. The largest absolute Gasteiger partial charge is 0.368 e. The Bertz CT molecular complexity index is 402. The quantitative estimate of drug-likeness (QED) is 0.849. The van der Waals surface area contributed by atoms with Gasteiger partial charge in [0.2, 0.25) is 0 Å². The first-order chi connectivity index (χ1) is 9.77. The predicted molar refractivity (Wildman–Crippen MR) is 88.4 cm³/mol. The lowest BCUT2D eigenvalue weighted by molar-refractivity contribution is 0.547. The van der Waals surface area contributed by atoms with Crippen LogP contribution in [0.5, 0.6) is 0 Å². The van der Waals surface area contributed by atoms with Gasteiger partial charge in [-0.05, 0) is 44.4 Å². The van der Waals surface area contributed by atoms with Crippen molar-refractivity contribution in [3.05, 3.63) is 29.8 Å². The first kappa shape index (κ1) is 15.4. The number of nitrogens with zero attached hydrogens (tertiary/aromatic N) is 1. The number of para-hydroxylation sites is 1. The standard InChI is InChI=1S/C18H30N2/c1-4-16-11-7-6-10-14-20(16)18-13-9-8-12-17(18)15(3)19-5-2/h8-9,12-13,15-16,19H,4-7,10-11,14H2,1-3H3. The summed E-state index contributed by atoms with van der Waals surface area (Å²) in [7, 11) is 0. The second kappa shape index (κ2) is 7.68. The van der Waals surface area contributed by atoms with E-state index < -0.39 is 0 Å². The van der Waals surface area contributed by atoms with Gasteiger partial charge in [0.25, 0.3) is 0 Å². The van der Waals surface area contributed by atoms with Gasteiger partial charge >= 0.3 is 0 Å². The number of benzene rings is 1. The molecule has 1 fully saturated rings. The molecule has 1 saturated heterocycles. The minimum atomic E-state index is 0.428. The molecule has 0 aromatic heterocycles. The van der Waals surface area contributed by atoms with E-state index in [0.717, 1.165) is 6.54 Å². The molecule has 2 atom stereocenters. The second-order valence-electron chi connectivity index (χ2n) is 5.94. The van der Waals surface area contributed by atoms with Gasteiger partial charge in [0.1, 0.15) is 0 Å². The molecule has 0 amide bonds. The van der Waals surface area contributed by atoms with Gasteiger partial charge in [-0.1, -0.05) is 44.9 Å². The molecule has 1 aliphatic rings. The predicted octanol–water partition coefficient (Wildman–Crippen LogP) is 4.52. The topological polar surface area (TPSA) is 15.3 Å². The molecule has 1 aromatic carbocycles. The monoisotopic (exact) mass is 274 g/mol. The summed E-state index contributed by atoms with van der Waals surface area (Å²) in [5, 5.41) is 3.56. The number of nitrogens with one attached hydrogen (secondary N) is 1. The lowest BCUT2D eigenvalue weighted by atomic mass is 10.0. The van der Waals surface area contributed by atoms with Crippen molar-refractivity contribution in [2.75, 3.05) is 18.0 Å². The molecule has 2 unspecified atom stereocenters. The van der Waals surface area contributed by atoms with E-state index in [2.05, 4.69) is 55.3 Å². The molecule has 0 saturated carbocycles. The first-order valence-corrected chi connectivity index (χ1v) is 8.36. The van der Waals surface area contributed by atoms with Crippen molar-refractivity contribution in [3.63, 3.8) is 0 Å². The van der Waals surface area contributed by atoms with Gasteiger partial charge in [-0.3, -0.25) is 0 Å². The lowest BCUT2D eigenvalue weighted by Crippen LogP contribution is -2.35. The van der Waals surface area contributed by atoms with Crippen molar-refractivity contribution in [1.82, 2.24) is 5.32 Å². The SMILES string of the molecule is CCNC(C)c1ccccc1N1CCCCCC1CC. The van der Waals surface area contributed by atoms with Crippen LogP contribution in [0.2, 0.25) is 0 Å². The van der Waals surface area contributed by atoms with Gasteiger partial charge in [0, 0.05) is 24.3 Å². The van der Waals surface area contributed by atoms with Crippen LogP contribution in [0.25, 0.3) is 0 Å². The molecule has 2 rings (SSSR count). The van der Waals surface area contributed by atoms with Crippen molar-refractivity contribution in [3.8, 4) is 0 Å². The number of hydrogen-bond acceptors (Lipinski definition) is 2. The van der Waals surface area contributed by atoms with Gasteiger partial charge in [-0.15, -0.1) is 0 Å². The highest BCUT2D eigenvalue weighted by molar-refractivity contribution is 5.56. The maximum Gasteiger partial charge on any atom is 0.0417 e. The van der Waals surface area contributed by atoms with E-state index in [0.29, 0.717) is 12.1 Å². The molecule has 2 nitrogen and oxygen atoms in total. The summed E-state index contributed by atoms with van der Waals surface area (Å²) in [5.41, 5.74) is 2.91. The van der Waals surface area contributed by atoms with E-state index in [1.54, 1.807) is 0 Å². The minimum absolute atomic E-state index is 0.428. The molecule has 0 radical (unpaired) electrons. The van der Waals surface area contributed by atoms with Crippen LogP contribution >= 0.6 is 0 Å². The number of anilines is 1. The fraction of sp³-hybridized carbons (Fsp3) is 0.667. The molecule has 112 valence electrons. The van der Waals surface area contributed by atoms with Gasteiger partial charge in [-0.2, -0.15) is 0 Å². The molecule has 0 aliphatic carbocycles. The van der Waals surface area contributed by atoms with Crippen molar-refractivity contribution in [1.29, 1.82) is 0 Å². The van der Waals surface area contributed by atoms with Gasteiger partial charge in [0.05, 0.1) is 0 Å². The molecular formula is C18H30N2. The zero-order chi connectivity index (χ0) is 14.4. The third-order valence-electron chi connectivity index (χ3n) is 4.57. The average molecular weight is 274 g/mol. The summed E-state index contributed by atoms with van der Waals surface area (Å²) in [6, 6.07) is 10.1. The lowest BCUT2D eigenvalue weighted by Gasteiger charge is -2.34. The van der Waals surface area contributed by atoms with Crippen molar-refractivity contribution in [2.45, 2.75) is 65.0 Å². The smallest absolute Gasteiger partial charge is 0.0417 e. The minimum Gasteiger partial charge on any atom is -0.368 e. The Labute approximate surface area is 124 Å². The van der Waals surface area contributed by atoms with E-state index in [1.165, 1.54) is 49.9 Å². The van der Waals surface area contributed by atoms with Crippen LogP contribution in [0.15, 0.2) is 24.3 Å². The first-order valence-electron chi connectivity index (χ1n) is 8.36. The van der Waals surface area contributed by atoms with Crippen molar-refractivity contribution >= 4 is 5.69 Å². The Morgan fingerprint density at radius 2 is 2.00 bits per heavy atom. The normalized spacial score (nSPS) is 21.6. The Morgan fingerprint density at radius 1 is 1.20 bits per heavy atom. The zero-order valence-corrected chi connectivity index (χ0v) is 13.4. The van der Waals surface area contributed by atoms with Crippen LogP contribution in [-0.4, -0.2) is 19.1 Å². The molecule has 0 bridgehead atoms. The van der Waals surface area contributed by atoms with Gasteiger partial charge in [0.15, 0.2) is 0 Å². The molecule has 2 heteroatoms. The molecule has 1 N–H and O–H groups in total. The number of hydrogen-bond donors (Lipinski definition) is 1. The summed E-state index contributed by atoms with van der Waals surface area (Å²) in [6.07, 6.45) is 6.71. The highest BCUT2D eigenvalue weighted by Gasteiger charge is 2.22. The fourth-order valence-electron chi connectivity index (χ4n) is 3.45. The fourth-order valence-corrected chi connectivity index (χ4v) is 3.45. The number of rotatable bonds is 5. The summed E-state index contributed by atoms with van der Waals surface area (Å²) >= 11 is 0. The van der Waals surface area contributed by atoms with Crippen LogP contribution < -0.4 is 10.2 Å². The zero-order valence-electron chi connectivity index (χ0n) is 13.4. The van der Waals surface area contributed by atoms with Gasteiger partial charge < -0.3 is 10.2 Å². The average Bonchev–Trinajstić information content (AvgIpc) is 2.72. The maximum atomic E-state index is 3.56. The molecule has 1 heterocycles. The van der Waals surface area contributed by atoms with E-state index in [1.807, 2.05) is 0 Å². The van der Waals surface area contributed by atoms with Crippen LogP contribution in [-0.2, 0) is 0 Å². The third-order valence-corrected chi connectivity index (χ3v) is 4.57. The molecule has 1 aromatic rings. The van der Waals surface area contributed by atoms with Crippen LogP contribution in [0.4, 0.5) is 5.69 Å². The van der Waals surface area contributed by atoms with E-state index in [-0.39, 0.29) is 0 Å². The molecule has 0 spiro atoms. The van der Waals surface area contributed by atoms with E-state index >= 15 is 0 Å². The molecule has 20 heavy (non-hydrogen) atoms. The Morgan fingerprint density at radius 3 is 2.75 bits per heavy atom. The van der Waals surface area contributed by atoms with E-state index in [9.17, 15) is 0 Å². The highest BCUT2D eigenvalue weighted by atomic mass is 15.2. The van der Waals surface area contributed by atoms with Crippen LogP contribution in [0, 0.1) is 0 Å². The van der Waals surface area contributed by atoms with Crippen LogP contribution in [0.1, 0.15) is 64.5 Å². The Balaban J connectivity index is 2.29.